The van der Waals surface area contributed by atoms with Crippen molar-refractivity contribution in [2.24, 2.45) is 56.7 Å². The van der Waals surface area contributed by atoms with Gasteiger partial charge in [0.1, 0.15) is 85.5 Å². The van der Waals surface area contributed by atoms with Crippen molar-refractivity contribution in [1.29, 1.82) is 0 Å². The Bertz CT molecular complexity index is 2130. The maximum absolute atomic E-state index is 14.6. The van der Waals surface area contributed by atoms with E-state index in [2.05, 4.69) is 40.7 Å². The Morgan fingerprint density at radius 3 is 1.99 bits per heavy atom. The van der Waals surface area contributed by atoms with Crippen LogP contribution in [-0.4, -0.2) is 221 Å². The molecule has 0 spiro atoms. The minimum Gasteiger partial charge on any atom is -0.481 e. The van der Waals surface area contributed by atoms with E-state index in [1.54, 1.807) is 6.92 Å². The third-order valence-electron chi connectivity index (χ3n) is 21.0. The first-order valence-corrected chi connectivity index (χ1v) is 27.3. The van der Waals surface area contributed by atoms with E-state index in [0.717, 1.165) is 31.3 Å². The number of carbonyl (C=O) groups is 2. The van der Waals surface area contributed by atoms with Crippen LogP contribution >= 0.6 is 0 Å². The van der Waals surface area contributed by atoms with Crippen LogP contribution in [0.4, 0.5) is 0 Å². The zero-order valence-corrected chi connectivity index (χ0v) is 44.4. The molecule has 9 rings (SSSR count). The van der Waals surface area contributed by atoms with Crippen molar-refractivity contribution in [2.45, 2.75) is 229 Å². The fraction of sp³-hybridized carbons (Fsp3) is 0.925. The molecular weight excluding hydrogens is 1000 g/mol. The monoisotopic (exact) mass is 1090 g/mol. The van der Waals surface area contributed by atoms with Crippen molar-refractivity contribution in [1.82, 2.24) is 0 Å². The summed E-state index contributed by atoms with van der Waals surface area (Å²) < 4.78 is 46.4. The second kappa shape index (κ2) is 21.3. The van der Waals surface area contributed by atoms with Gasteiger partial charge in [-0.1, -0.05) is 46.3 Å². The Morgan fingerprint density at radius 2 is 1.30 bits per heavy atom. The smallest absolute Gasteiger partial charge is 0.311 e. The maximum atomic E-state index is 14.6. The summed E-state index contributed by atoms with van der Waals surface area (Å²) in [7, 11) is 0. The zero-order chi connectivity index (χ0) is 55.5. The molecule has 29 atom stereocenters. The van der Waals surface area contributed by atoms with Gasteiger partial charge in [0.15, 0.2) is 18.9 Å². The van der Waals surface area contributed by atoms with E-state index in [1.807, 2.05) is 0 Å². The predicted molar refractivity (Wildman–Crippen MR) is 257 cm³/mol. The Hall–Kier alpha value is -2.08. The largest absolute Gasteiger partial charge is 0.481 e. The van der Waals surface area contributed by atoms with E-state index in [4.69, 9.17) is 37.9 Å². The molecule has 0 radical (unpaired) electrons. The van der Waals surface area contributed by atoms with Gasteiger partial charge in [-0.05, 0) is 117 Å². The highest BCUT2D eigenvalue weighted by Crippen LogP contribution is 2.75. The summed E-state index contributed by atoms with van der Waals surface area (Å²) in [6.07, 6.45) is -22.7. The van der Waals surface area contributed by atoms with Gasteiger partial charge in [0, 0.05) is 0 Å². The summed E-state index contributed by atoms with van der Waals surface area (Å²) in [5, 5.41) is 138. The van der Waals surface area contributed by atoms with Gasteiger partial charge >= 0.3 is 11.9 Å². The first kappa shape index (κ1) is 58.6. The van der Waals surface area contributed by atoms with E-state index >= 15 is 0 Å². The van der Waals surface area contributed by atoms with Crippen LogP contribution in [0.3, 0.4) is 0 Å². The number of aliphatic carboxylic acids is 1. The number of aliphatic hydroxyl groups is 12. The Balaban J connectivity index is 0.881. The van der Waals surface area contributed by atoms with E-state index < -0.39 is 153 Å². The van der Waals surface area contributed by atoms with Gasteiger partial charge < -0.3 is 104 Å². The van der Waals surface area contributed by atoms with Crippen LogP contribution in [0.1, 0.15) is 106 Å². The molecule has 434 valence electrons. The molecule has 0 aromatic carbocycles. The highest BCUT2D eigenvalue weighted by Gasteiger charge is 2.69. The number of carboxylic acid groups (broad SMARTS) is 1. The lowest BCUT2D eigenvalue weighted by molar-refractivity contribution is -0.361. The number of hydrogen-bond acceptors (Lipinski definition) is 22. The van der Waals surface area contributed by atoms with Crippen LogP contribution < -0.4 is 0 Å². The molecule has 13 N–H and O–H groups in total. The van der Waals surface area contributed by atoms with E-state index in [1.165, 1.54) is 6.92 Å². The topological polar surface area (TPSA) is 371 Å². The van der Waals surface area contributed by atoms with Crippen LogP contribution in [-0.2, 0) is 47.5 Å². The zero-order valence-electron chi connectivity index (χ0n) is 44.4. The molecule has 23 heteroatoms. The molecule has 76 heavy (non-hydrogen) atoms. The first-order valence-electron chi connectivity index (χ1n) is 27.3. The fourth-order valence-corrected chi connectivity index (χ4v) is 16.3. The molecule has 0 bridgehead atoms. The molecule has 4 heterocycles. The normalized spacial score (nSPS) is 54.2. The van der Waals surface area contributed by atoms with Gasteiger partial charge in [-0.15, -0.1) is 0 Å². The Kier molecular flexibility index (Phi) is 16.5. The second-order valence-corrected chi connectivity index (χ2v) is 25.5. The van der Waals surface area contributed by atoms with Gasteiger partial charge in [-0.25, -0.2) is 0 Å². The van der Waals surface area contributed by atoms with Gasteiger partial charge in [-0.3, -0.25) is 9.59 Å². The molecule has 4 aliphatic heterocycles. The minimum absolute atomic E-state index is 0.0728. The number of allylic oxidation sites excluding steroid dienone is 2. The second-order valence-electron chi connectivity index (χ2n) is 25.5. The molecule has 5 aliphatic carbocycles. The van der Waals surface area contributed by atoms with E-state index in [0.29, 0.717) is 19.3 Å². The summed E-state index contributed by atoms with van der Waals surface area (Å²) in [5.41, 5.74) is -1.28. The predicted octanol–water partition coefficient (Wildman–Crippen LogP) is -1.45. The quantitative estimate of drug-likeness (QED) is 0.0640. The van der Waals surface area contributed by atoms with Gasteiger partial charge in [0.2, 0.25) is 6.29 Å². The van der Waals surface area contributed by atoms with Crippen LogP contribution in [0.5, 0.6) is 0 Å². The highest BCUT2D eigenvalue weighted by atomic mass is 16.8. The summed E-state index contributed by atoms with van der Waals surface area (Å²) in [6.45, 7) is 12.9. The Morgan fingerprint density at radius 1 is 0.658 bits per heavy atom. The van der Waals surface area contributed by atoms with Crippen LogP contribution in [0.2, 0.25) is 0 Å². The lowest BCUT2D eigenvalue weighted by Gasteiger charge is -2.71. The molecule has 9 aliphatic rings. The van der Waals surface area contributed by atoms with Crippen LogP contribution in [0.25, 0.3) is 0 Å². The van der Waals surface area contributed by atoms with Crippen molar-refractivity contribution >= 4 is 11.9 Å². The molecule has 0 aromatic rings. The van der Waals surface area contributed by atoms with Gasteiger partial charge in [0.25, 0.3) is 0 Å². The summed E-state index contributed by atoms with van der Waals surface area (Å²) in [4.78, 5) is 27.9. The van der Waals surface area contributed by atoms with Crippen molar-refractivity contribution in [3.05, 3.63) is 11.6 Å². The number of aliphatic hydroxyl groups excluding tert-OH is 12. The van der Waals surface area contributed by atoms with Gasteiger partial charge in [-0.2, -0.15) is 0 Å². The SMILES string of the molecule is C[C@H]1O[C@@H](O[C@H]2[C@@H](O)[C@@H](O)[C@H](OC[C@H]3O[C@@H](OC(=O)C4CC(C)(C(=O)O)CC5C6=CCC7C8(C)CCC(O[C@@H]9OC[C@@H](O)[C@@H](O)[C@H]9O)C(C)(C)C8CCC7(C)C6(C)CCC45)[C@H](O)[C@H](O)[C@@H]3O)O[C@@H]2CO)[C@H](O)[C@H](O)[C@H]1O. The molecule has 10 unspecified atom stereocenters. The molecule has 23 nitrogen and oxygen atoms in total. The van der Waals surface area contributed by atoms with Crippen molar-refractivity contribution in [3.8, 4) is 0 Å². The lowest BCUT2D eigenvalue weighted by atomic mass is 9.34. The summed E-state index contributed by atoms with van der Waals surface area (Å²) >= 11 is 0. The summed E-state index contributed by atoms with van der Waals surface area (Å²) in [6, 6.07) is 0. The molecule has 8 fully saturated rings. The highest BCUT2D eigenvalue weighted by molar-refractivity contribution is 5.78. The molecule has 0 aromatic heterocycles. The molecule has 0 amide bonds. The average Bonchev–Trinajstić information content (AvgIpc) is 3.53. The maximum Gasteiger partial charge on any atom is 0.311 e. The number of carboxylic acids is 1. The fourth-order valence-electron chi connectivity index (χ4n) is 16.3. The van der Waals surface area contributed by atoms with Crippen molar-refractivity contribution < 1.29 is 114 Å². The van der Waals surface area contributed by atoms with E-state index in [9.17, 15) is 76.0 Å². The number of carbonyl (C=O) groups excluding carboxylic acids is 1. The summed E-state index contributed by atoms with van der Waals surface area (Å²) in [5.74, 6) is -3.09. The van der Waals surface area contributed by atoms with Crippen molar-refractivity contribution in [2.75, 3.05) is 19.8 Å². The standard InChI is InChI=1S/C53H84O23/c1-21-32(56)35(59)39(63)46(71-21)75-42-27(18-54)72-44(41(65)37(42)61)70-20-28-34(58)36(60)40(64)47(73-28)76-43(66)24-17-50(4,48(67)68)16-23-22(24)10-14-52(6)25(23)8-9-30-51(5)13-12-31(49(2,3)29(51)11-15-53(30,52)7)74-45-38(62)33(57)26(55)19-69-45/h8,21-24,26-42,44-47,54-65H,9-20H2,1-7H3,(H,67,68)/t21-,22?,23?,24?,26-,27-,28-,29?,30?,31?,32+,33-,34-,35-,36-,37+,38-,39-,40-,41-,42-,44-,45+,46+,47+,50?,51?,52?,53?/m1/s1. The van der Waals surface area contributed by atoms with E-state index in [-0.39, 0.29) is 70.9 Å². The van der Waals surface area contributed by atoms with Gasteiger partial charge in [0.05, 0.1) is 43.4 Å². The number of rotatable bonds is 11. The molecular formula is C53H84O23. The number of fused-ring (bicyclic) bond motifs is 7. The third-order valence-corrected chi connectivity index (χ3v) is 21.0. The number of esters is 1. The molecule has 4 saturated carbocycles. The average molecular weight is 1090 g/mol. The first-order chi connectivity index (χ1) is 35.5. The third kappa shape index (κ3) is 9.62. The number of hydrogen-bond donors (Lipinski definition) is 13. The molecule has 4 saturated heterocycles. The van der Waals surface area contributed by atoms with Crippen LogP contribution in [0.15, 0.2) is 11.6 Å². The lowest BCUT2D eigenvalue weighted by Crippen LogP contribution is -2.65. The van der Waals surface area contributed by atoms with Crippen molar-refractivity contribution in [3.63, 3.8) is 0 Å². The minimum atomic E-state index is -1.96. The Labute approximate surface area is 442 Å². The number of ether oxygens (including phenoxy) is 8. The van der Waals surface area contributed by atoms with Crippen LogP contribution in [0, 0.1) is 56.7 Å².